The molecule has 0 fully saturated rings. The van der Waals surface area contributed by atoms with Crippen molar-refractivity contribution < 1.29 is 40.4 Å². The van der Waals surface area contributed by atoms with Crippen molar-refractivity contribution >= 4 is 0 Å². The summed E-state index contributed by atoms with van der Waals surface area (Å²) in [7, 11) is 0. The Morgan fingerprint density at radius 1 is 1.00 bits per heavy atom. The molecule has 0 aliphatic heterocycles. The molecule has 29 valence electrons. The molecule has 1 N–H and O–H groups in total. The number of hydrogen-bond donors (Lipinski definition) is 0. The smallest absolute Gasteiger partial charge is 2.00 e. The van der Waals surface area contributed by atoms with Crippen LogP contribution in [0.5, 0.6) is 0 Å². The van der Waals surface area contributed by atoms with Gasteiger partial charge in [0.25, 0.3) is 0 Å². The van der Waals surface area contributed by atoms with E-state index in [1.165, 1.54) is 0 Å². The molecule has 0 aromatic rings. The van der Waals surface area contributed by atoms with Crippen molar-refractivity contribution in [3.8, 4) is 0 Å². The Bertz CT molecular complexity index is 6.00. The molecule has 0 amide bonds. The van der Waals surface area contributed by atoms with E-state index in [2.05, 4.69) is 0 Å². The molecule has 2 nitrogen and oxygen atoms in total. The summed E-state index contributed by atoms with van der Waals surface area (Å²) in [5.41, 5.74) is 0. The first kappa shape index (κ1) is 124. The average molecular weight is 124 g/mol. The first-order valence-electron chi connectivity index (χ1n) is 0. The Morgan fingerprint density at radius 2 is 1.00 bits per heavy atom. The fourth-order valence-corrected chi connectivity index (χ4v) is 0. The van der Waals surface area contributed by atoms with E-state index in [-0.39, 0.29) is 40.4 Å². The molecule has 0 spiro atoms. The summed E-state index contributed by atoms with van der Waals surface area (Å²) in [4.78, 5) is 0. The van der Waals surface area contributed by atoms with Crippen LogP contribution in [0.3, 0.4) is 0 Å². The van der Waals surface area contributed by atoms with Crippen LogP contribution >= 0.6 is 0 Å². The van der Waals surface area contributed by atoms with E-state index in [1.54, 1.807) is 0 Å². The molecule has 4 heteroatoms. The van der Waals surface area contributed by atoms with E-state index in [1.807, 2.05) is 0 Å². The van der Waals surface area contributed by atoms with E-state index in [0.717, 1.165) is 0 Å². The van der Waals surface area contributed by atoms with Crippen molar-refractivity contribution in [2.24, 2.45) is 0 Å². The Morgan fingerprint density at radius 3 is 1.00 bits per heavy atom. The van der Waals surface area contributed by atoms with Gasteiger partial charge < -0.3 is 23.4 Å². The molecular weight excluding hydrogens is 123 g/mol. The van der Waals surface area contributed by atoms with Gasteiger partial charge in [0, 0.05) is 0 Å². The predicted molar refractivity (Wildman–Crippen MR) is 2.62 cm³/mol. The van der Waals surface area contributed by atoms with Gasteiger partial charge in [-0.15, -0.1) is 0 Å². The molecule has 0 heterocycles. The maximum absolute atomic E-state index is 0. The zero-order valence-electron chi connectivity index (χ0n) is 1.59. The van der Waals surface area contributed by atoms with Gasteiger partial charge >= 0.3 is 17.1 Å². The van der Waals surface area contributed by atoms with E-state index < -0.39 is 0 Å². The Kier molecular flexibility index (Phi) is 1610. The minimum atomic E-state index is 0. The van der Waals surface area contributed by atoms with Crippen LogP contribution in [0.15, 0.2) is 0 Å². The molecule has 1 radical (unpaired) electrons. The summed E-state index contributed by atoms with van der Waals surface area (Å²) in [6, 6.07) is 0. The summed E-state index contributed by atoms with van der Waals surface area (Å²) < 4.78 is 0. The molecule has 0 atom stereocenters. The monoisotopic (exact) mass is 124 g/mol. The minimum Gasteiger partial charge on any atom is -2.00 e. The van der Waals surface area contributed by atoms with Crippen molar-refractivity contribution in [1.29, 1.82) is 0 Å². The topological polar surface area (TPSA) is 58.5 Å². The van der Waals surface area contributed by atoms with Gasteiger partial charge in [0.15, 0.2) is 0 Å². The molecule has 0 aliphatic rings. The SMILES string of the molecule is [Cl-].[Fe+3].[O-2].[OH-]. The van der Waals surface area contributed by atoms with Gasteiger partial charge in [0.05, 0.1) is 0 Å². The molecule has 4 heavy (non-hydrogen) atoms. The van der Waals surface area contributed by atoms with Crippen LogP contribution in [0.2, 0.25) is 0 Å². The molecule has 0 saturated carbocycles. The van der Waals surface area contributed by atoms with Gasteiger partial charge in [-0.05, 0) is 0 Å². The number of halogens is 1. The van der Waals surface area contributed by atoms with Gasteiger partial charge in [-0.2, -0.15) is 0 Å². The maximum atomic E-state index is 0. The van der Waals surface area contributed by atoms with E-state index in [0.29, 0.717) is 0 Å². The molecule has 0 aromatic carbocycles. The number of hydrogen-bond acceptors (Lipinski definition) is 1. The summed E-state index contributed by atoms with van der Waals surface area (Å²) in [6.07, 6.45) is 0. The van der Waals surface area contributed by atoms with Crippen LogP contribution in [0.4, 0.5) is 0 Å². The van der Waals surface area contributed by atoms with Crippen LogP contribution in [0, 0.1) is 0 Å². The van der Waals surface area contributed by atoms with Gasteiger partial charge in [0.1, 0.15) is 0 Å². The van der Waals surface area contributed by atoms with Crippen molar-refractivity contribution in [3.63, 3.8) is 0 Å². The summed E-state index contributed by atoms with van der Waals surface area (Å²) in [5.74, 6) is 0. The molecule has 0 rings (SSSR count). The third-order valence-corrected chi connectivity index (χ3v) is 0. The molecule has 0 unspecified atom stereocenters. The van der Waals surface area contributed by atoms with Crippen molar-refractivity contribution in [2.45, 2.75) is 0 Å². The summed E-state index contributed by atoms with van der Waals surface area (Å²) in [5, 5.41) is 0. The van der Waals surface area contributed by atoms with E-state index in [4.69, 9.17) is 0 Å². The van der Waals surface area contributed by atoms with E-state index >= 15 is 0 Å². The normalized spacial score (nSPS) is 0. The van der Waals surface area contributed by atoms with Crippen LogP contribution in [0.25, 0.3) is 0 Å². The first-order chi connectivity index (χ1) is 0. The predicted octanol–water partition coefficient (Wildman–Crippen LogP) is -3.29. The van der Waals surface area contributed by atoms with Crippen LogP contribution in [0.1, 0.15) is 0 Å². The second-order valence-corrected chi connectivity index (χ2v) is 0. The summed E-state index contributed by atoms with van der Waals surface area (Å²) >= 11 is 0. The third kappa shape index (κ3) is 15.3. The van der Waals surface area contributed by atoms with Crippen LogP contribution in [-0.4, -0.2) is 5.48 Å². The second kappa shape index (κ2) is 52.2. The standard InChI is InChI=1S/ClH.Fe.H2O.O/h1H;;1H2;/q;+3;;-2/p-2. The molecule has 0 aliphatic carbocycles. The molecule has 0 aromatic heterocycles. The molecule has 0 saturated heterocycles. The van der Waals surface area contributed by atoms with Crippen molar-refractivity contribution in [1.82, 2.24) is 0 Å². The molecule has 0 bridgehead atoms. The number of rotatable bonds is 0. The van der Waals surface area contributed by atoms with Gasteiger partial charge in [-0.25, -0.2) is 0 Å². The van der Waals surface area contributed by atoms with Gasteiger partial charge in [-0.1, -0.05) is 0 Å². The third-order valence-electron chi connectivity index (χ3n) is 0. The fraction of sp³-hybridized carbons (Fsp3) is 0. The van der Waals surface area contributed by atoms with E-state index in [9.17, 15) is 0 Å². The quantitative estimate of drug-likeness (QED) is 0.312. The van der Waals surface area contributed by atoms with Gasteiger partial charge in [-0.3, -0.25) is 0 Å². The average Bonchev–Trinajstić information content (AvgIpc) is 0. The van der Waals surface area contributed by atoms with Crippen LogP contribution in [-0.2, 0) is 22.5 Å². The maximum Gasteiger partial charge on any atom is 3.00 e. The fourth-order valence-electron chi connectivity index (χ4n) is 0. The van der Waals surface area contributed by atoms with Crippen molar-refractivity contribution in [3.05, 3.63) is 0 Å². The first-order valence-corrected chi connectivity index (χ1v) is 0. The zero-order chi connectivity index (χ0) is 0. The van der Waals surface area contributed by atoms with Crippen LogP contribution < -0.4 is 12.4 Å². The Labute approximate surface area is 41.1 Å². The Balaban J connectivity index is 0. The second-order valence-electron chi connectivity index (χ2n) is 0. The van der Waals surface area contributed by atoms with Gasteiger partial charge in [0.2, 0.25) is 0 Å². The zero-order valence-corrected chi connectivity index (χ0v) is 3.45. The molecular formula is HClFeO2-. The Hall–Kier alpha value is 0.729. The summed E-state index contributed by atoms with van der Waals surface area (Å²) in [6.45, 7) is 0. The minimum absolute atomic E-state index is 0. The largest absolute Gasteiger partial charge is 3.00 e. The van der Waals surface area contributed by atoms with Crippen molar-refractivity contribution in [2.75, 3.05) is 0 Å².